The molecular weight excluding hydrogens is 296 g/mol. The van der Waals surface area contributed by atoms with Crippen molar-refractivity contribution in [1.82, 2.24) is 10.3 Å². The fraction of sp³-hybridized carbons (Fsp3) is 0.294. The number of aryl methyl sites for hydroxylation is 1. The number of methoxy groups -OCH3 is 2. The largest absolute Gasteiger partial charge is 0.493 e. The number of pyridine rings is 1. The second-order valence-corrected chi connectivity index (χ2v) is 5.19. The van der Waals surface area contributed by atoms with E-state index in [9.17, 15) is 9.59 Å². The van der Waals surface area contributed by atoms with Crippen molar-refractivity contribution in [3.05, 3.63) is 57.5 Å². The van der Waals surface area contributed by atoms with Gasteiger partial charge in [0.05, 0.1) is 20.3 Å². The number of aromatic nitrogens is 1. The van der Waals surface area contributed by atoms with Crippen molar-refractivity contribution in [2.75, 3.05) is 14.2 Å². The van der Waals surface area contributed by atoms with Gasteiger partial charge in [0.2, 0.25) is 0 Å². The molecule has 0 aliphatic heterocycles. The van der Waals surface area contributed by atoms with Gasteiger partial charge in [0.15, 0.2) is 11.5 Å². The van der Waals surface area contributed by atoms with E-state index in [1.807, 2.05) is 13.0 Å². The molecule has 122 valence electrons. The summed E-state index contributed by atoms with van der Waals surface area (Å²) in [6.45, 7) is 3.59. The molecule has 0 spiro atoms. The minimum atomic E-state index is -0.423. The monoisotopic (exact) mass is 316 g/mol. The van der Waals surface area contributed by atoms with E-state index in [1.165, 1.54) is 6.07 Å². The van der Waals surface area contributed by atoms with Gasteiger partial charge in [-0.3, -0.25) is 9.59 Å². The molecule has 1 heterocycles. The molecule has 0 bridgehead atoms. The van der Waals surface area contributed by atoms with Crippen molar-refractivity contribution >= 4 is 5.91 Å². The molecule has 0 radical (unpaired) electrons. The minimum Gasteiger partial charge on any atom is -0.493 e. The van der Waals surface area contributed by atoms with Crippen molar-refractivity contribution in [3.8, 4) is 11.5 Å². The number of carbonyl (C=O) groups is 1. The maximum absolute atomic E-state index is 12.3. The van der Waals surface area contributed by atoms with Gasteiger partial charge in [-0.15, -0.1) is 0 Å². The van der Waals surface area contributed by atoms with Gasteiger partial charge in [0.25, 0.3) is 11.5 Å². The van der Waals surface area contributed by atoms with Gasteiger partial charge in [-0.25, -0.2) is 0 Å². The zero-order chi connectivity index (χ0) is 17.0. The van der Waals surface area contributed by atoms with Crippen LogP contribution in [0.2, 0.25) is 0 Å². The normalized spacial score (nSPS) is 11.7. The van der Waals surface area contributed by atoms with Crippen LogP contribution in [0.3, 0.4) is 0 Å². The summed E-state index contributed by atoms with van der Waals surface area (Å²) in [5.41, 5.74) is 1.24. The Hall–Kier alpha value is -2.76. The Bertz CT molecular complexity index is 767. The lowest BCUT2D eigenvalue weighted by Gasteiger charge is -2.16. The lowest BCUT2D eigenvalue weighted by molar-refractivity contribution is 0.0938. The molecule has 2 aromatic rings. The molecule has 6 nitrogen and oxygen atoms in total. The first kappa shape index (κ1) is 16.6. The summed E-state index contributed by atoms with van der Waals surface area (Å²) in [6.07, 6.45) is 0. The molecule has 0 saturated carbocycles. The Morgan fingerprint density at radius 2 is 1.83 bits per heavy atom. The zero-order valence-electron chi connectivity index (χ0n) is 13.6. The zero-order valence-corrected chi connectivity index (χ0v) is 13.6. The summed E-state index contributed by atoms with van der Waals surface area (Å²) < 4.78 is 10.4. The highest BCUT2D eigenvalue weighted by atomic mass is 16.5. The second kappa shape index (κ2) is 7.00. The van der Waals surface area contributed by atoms with Gasteiger partial charge in [0.1, 0.15) is 5.56 Å². The molecular formula is C17H20N2O4. The summed E-state index contributed by atoms with van der Waals surface area (Å²) in [4.78, 5) is 26.7. The average molecular weight is 316 g/mol. The van der Waals surface area contributed by atoms with Crippen LogP contribution >= 0.6 is 0 Å². The molecule has 0 fully saturated rings. The quantitative estimate of drug-likeness (QED) is 0.886. The van der Waals surface area contributed by atoms with Crippen molar-refractivity contribution < 1.29 is 14.3 Å². The second-order valence-electron chi connectivity index (χ2n) is 5.19. The Kier molecular flexibility index (Phi) is 5.05. The van der Waals surface area contributed by atoms with Gasteiger partial charge < -0.3 is 19.8 Å². The predicted molar refractivity (Wildman–Crippen MR) is 87.2 cm³/mol. The number of hydrogen-bond acceptors (Lipinski definition) is 4. The Morgan fingerprint density at radius 3 is 2.43 bits per heavy atom. The van der Waals surface area contributed by atoms with Gasteiger partial charge in [-0.05, 0) is 43.7 Å². The average Bonchev–Trinajstić information content (AvgIpc) is 2.53. The lowest BCUT2D eigenvalue weighted by atomic mass is 10.1. The van der Waals surface area contributed by atoms with Crippen molar-refractivity contribution in [1.29, 1.82) is 0 Å². The number of carbonyl (C=O) groups excluding carboxylic acids is 1. The van der Waals surface area contributed by atoms with E-state index < -0.39 is 11.5 Å². The third-order valence-electron chi connectivity index (χ3n) is 3.56. The molecule has 6 heteroatoms. The predicted octanol–water partition coefficient (Wildman–Crippen LogP) is 2.19. The van der Waals surface area contributed by atoms with Crippen LogP contribution in [-0.2, 0) is 0 Å². The minimum absolute atomic E-state index is 0.0860. The molecule has 1 aromatic heterocycles. The summed E-state index contributed by atoms with van der Waals surface area (Å²) in [5.74, 6) is 0.776. The fourth-order valence-electron chi connectivity index (χ4n) is 2.23. The third kappa shape index (κ3) is 3.71. The lowest BCUT2D eigenvalue weighted by Crippen LogP contribution is -2.31. The van der Waals surface area contributed by atoms with E-state index in [0.717, 1.165) is 5.56 Å². The molecule has 1 aromatic carbocycles. The van der Waals surface area contributed by atoms with Gasteiger partial charge in [-0.1, -0.05) is 6.07 Å². The third-order valence-corrected chi connectivity index (χ3v) is 3.56. The number of aromatic amines is 1. The number of amides is 1. The number of rotatable bonds is 5. The van der Waals surface area contributed by atoms with Crippen molar-refractivity contribution in [3.63, 3.8) is 0 Å². The van der Waals surface area contributed by atoms with Crippen molar-refractivity contribution in [2.45, 2.75) is 19.9 Å². The van der Waals surface area contributed by atoms with Gasteiger partial charge in [0, 0.05) is 5.69 Å². The summed E-state index contributed by atoms with van der Waals surface area (Å²) in [6, 6.07) is 8.33. The smallest absolute Gasteiger partial charge is 0.260 e. The number of H-pyrrole nitrogens is 1. The highest BCUT2D eigenvalue weighted by Gasteiger charge is 2.16. The molecule has 0 saturated heterocycles. The maximum atomic E-state index is 12.3. The van der Waals surface area contributed by atoms with E-state index in [0.29, 0.717) is 17.2 Å². The first-order chi connectivity index (χ1) is 11.0. The molecule has 0 aliphatic rings. The number of ether oxygens (including phenoxy) is 2. The highest BCUT2D eigenvalue weighted by molar-refractivity contribution is 5.94. The summed E-state index contributed by atoms with van der Waals surface area (Å²) in [7, 11) is 3.11. The summed E-state index contributed by atoms with van der Waals surface area (Å²) >= 11 is 0. The Morgan fingerprint density at radius 1 is 1.13 bits per heavy atom. The molecule has 0 aliphatic carbocycles. The van der Waals surface area contributed by atoms with Crippen LogP contribution in [0.15, 0.2) is 35.1 Å². The van der Waals surface area contributed by atoms with Crippen LogP contribution in [0.5, 0.6) is 11.5 Å². The van der Waals surface area contributed by atoms with E-state index in [-0.39, 0.29) is 11.6 Å². The molecule has 1 atom stereocenters. The number of hydrogen-bond donors (Lipinski definition) is 2. The van der Waals surface area contributed by atoms with Crippen LogP contribution in [0.4, 0.5) is 0 Å². The van der Waals surface area contributed by atoms with Crippen LogP contribution < -0.4 is 20.3 Å². The number of nitrogens with one attached hydrogen (secondary N) is 2. The highest BCUT2D eigenvalue weighted by Crippen LogP contribution is 2.29. The van der Waals surface area contributed by atoms with Crippen LogP contribution in [0.1, 0.15) is 34.6 Å². The van der Waals surface area contributed by atoms with Crippen LogP contribution in [0, 0.1) is 6.92 Å². The fourth-order valence-corrected chi connectivity index (χ4v) is 2.23. The van der Waals surface area contributed by atoms with E-state index in [2.05, 4.69) is 10.3 Å². The molecule has 1 amide bonds. The van der Waals surface area contributed by atoms with Gasteiger partial charge in [-0.2, -0.15) is 0 Å². The number of benzene rings is 1. The SMILES string of the molecule is COc1ccc([C@H](C)NC(=O)c2ccc(C)[nH]c2=O)cc1OC. The first-order valence-corrected chi connectivity index (χ1v) is 7.19. The maximum Gasteiger partial charge on any atom is 0.260 e. The topological polar surface area (TPSA) is 80.4 Å². The summed E-state index contributed by atoms with van der Waals surface area (Å²) in [5, 5.41) is 2.81. The Labute approximate surface area is 134 Å². The molecule has 23 heavy (non-hydrogen) atoms. The van der Waals surface area contributed by atoms with Crippen molar-refractivity contribution in [2.24, 2.45) is 0 Å². The molecule has 2 N–H and O–H groups in total. The van der Waals surface area contributed by atoms with E-state index in [1.54, 1.807) is 39.3 Å². The molecule has 0 unspecified atom stereocenters. The standard InChI is InChI=1S/C17H20N2O4/c1-10-5-7-13(16(20)18-10)17(21)19-11(2)12-6-8-14(22-3)15(9-12)23-4/h5-9,11H,1-4H3,(H,18,20)(H,19,21)/t11-/m0/s1. The van der Waals surface area contributed by atoms with E-state index in [4.69, 9.17) is 9.47 Å². The Balaban J connectivity index is 2.19. The van der Waals surface area contributed by atoms with Crippen LogP contribution in [-0.4, -0.2) is 25.1 Å². The van der Waals surface area contributed by atoms with Crippen LogP contribution in [0.25, 0.3) is 0 Å². The molecule has 2 rings (SSSR count). The van der Waals surface area contributed by atoms with Gasteiger partial charge >= 0.3 is 0 Å². The van der Waals surface area contributed by atoms with E-state index >= 15 is 0 Å². The first-order valence-electron chi connectivity index (χ1n) is 7.19.